The molecule has 3 spiro atoms. The Kier molecular flexibility index (Phi) is 19.8. The Morgan fingerprint density at radius 1 is 0.637 bits per heavy atom. The van der Waals surface area contributed by atoms with Gasteiger partial charge >= 0.3 is 0 Å². The molecule has 9 aliphatic rings. The third kappa shape index (κ3) is 13.4. The fraction of sp³-hybridized carbons (Fsp3) is 0.611. The second-order valence-electron chi connectivity index (χ2n) is 28.4. The molecule has 1 unspecified atom stereocenters. The maximum absolute atomic E-state index is 13.8. The summed E-state index contributed by atoms with van der Waals surface area (Å²) >= 11 is 12.9. The van der Waals surface area contributed by atoms with E-state index in [4.69, 9.17) is 42.1 Å². The lowest BCUT2D eigenvalue weighted by atomic mass is 9.61. The molecule has 3 N–H and O–H groups in total. The lowest BCUT2D eigenvalue weighted by Crippen LogP contribution is -2.53. The van der Waals surface area contributed by atoms with Crippen LogP contribution >= 0.6 is 23.2 Å². The van der Waals surface area contributed by atoms with E-state index in [0.29, 0.717) is 93.4 Å². The number of hydrogen-bond donors (Lipinski definition) is 3. The summed E-state index contributed by atoms with van der Waals surface area (Å²) in [7, 11) is -6.86. The largest absolute Gasteiger partial charge is 0.490 e. The Hall–Kier alpha value is -4.88. The molecule has 4 bridgehead atoms. The maximum Gasteiger partial charge on any atom is 0.264 e. The smallest absolute Gasteiger partial charge is 0.264 e. The Bertz CT molecular complexity index is 3620. The number of benzene rings is 4. The minimum Gasteiger partial charge on any atom is -0.490 e. The molecule has 0 aromatic heterocycles. The molecular formula is C72H96Cl2N4O11S2. The first kappa shape index (κ1) is 67.5. The van der Waals surface area contributed by atoms with Crippen LogP contribution in [0.15, 0.2) is 72.8 Å². The van der Waals surface area contributed by atoms with Gasteiger partial charge in [-0.25, -0.2) is 17.3 Å². The van der Waals surface area contributed by atoms with E-state index in [1.54, 1.807) is 31.2 Å². The molecule has 5 aliphatic heterocycles. The number of aliphatic hydroxyl groups is 1. The SMILES string of the molecule is C.C=S1(=O)NC(=O)c2ccc3c(c2)N(C[C@@H]2CC[C@H]2C2(CCC[C@H](C)[C@H]1C)OCCO2)C[C@@]1(CCCc2cc(Cl)ccc21)CO3.CCC(=O)C[C@]1(O)CCC[C@H](C)[C@@H](C)S(=O)(=O)NC(=O)c2ccc3c(c2)N(C[C@@H]2CC[C@H]21)C[C@@]1(CCCc2cc(Cl)ccc21)CO3. The van der Waals surface area contributed by atoms with E-state index in [2.05, 4.69) is 56.3 Å². The molecule has 3 fully saturated rings. The van der Waals surface area contributed by atoms with Crippen molar-refractivity contribution in [3.63, 3.8) is 0 Å². The molecule has 496 valence electrons. The Balaban J connectivity index is 0.000000185. The van der Waals surface area contributed by atoms with Gasteiger partial charge in [-0.05, 0) is 222 Å². The van der Waals surface area contributed by atoms with Crippen LogP contribution in [-0.2, 0) is 57.7 Å². The number of rotatable bonds is 3. The van der Waals surface area contributed by atoms with Crippen LogP contribution in [-0.4, -0.2) is 116 Å². The van der Waals surface area contributed by atoms with Crippen molar-refractivity contribution in [1.82, 2.24) is 9.44 Å². The van der Waals surface area contributed by atoms with Gasteiger partial charge in [-0.3, -0.25) is 19.1 Å². The highest BCUT2D eigenvalue weighted by Crippen LogP contribution is 2.53. The van der Waals surface area contributed by atoms with Crippen molar-refractivity contribution in [2.24, 2.45) is 35.5 Å². The fourth-order valence-corrected chi connectivity index (χ4v) is 20.2. The molecule has 0 radical (unpaired) electrons. The van der Waals surface area contributed by atoms with Crippen LogP contribution < -0.4 is 28.7 Å². The Labute approximate surface area is 550 Å². The molecule has 4 aromatic carbocycles. The number of ether oxygens (including phenoxy) is 4. The number of fused-ring (bicyclic) bond motifs is 9. The van der Waals surface area contributed by atoms with E-state index in [1.807, 2.05) is 45.0 Å². The number of halogens is 2. The molecule has 2 saturated carbocycles. The molecule has 13 rings (SSSR count). The number of anilines is 2. The highest BCUT2D eigenvalue weighted by atomic mass is 35.5. The van der Waals surface area contributed by atoms with Crippen molar-refractivity contribution in [3.05, 3.63) is 116 Å². The summed E-state index contributed by atoms with van der Waals surface area (Å²) in [6.07, 6.45) is 14.6. The zero-order valence-electron chi connectivity index (χ0n) is 53.1. The second kappa shape index (κ2) is 26.7. The topological polar surface area (TPSA) is 190 Å². The first-order valence-corrected chi connectivity index (χ1v) is 37.4. The van der Waals surface area contributed by atoms with Crippen molar-refractivity contribution >= 4 is 77.8 Å². The van der Waals surface area contributed by atoms with Gasteiger partial charge in [0.1, 0.15) is 17.3 Å². The number of aryl methyl sites for hydroxylation is 2. The zero-order chi connectivity index (χ0) is 63.5. The lowest BCUT2D eigenvalue weighted by Gasteiger charge is -2.50. The quantitative estimate of drug-likeness (QED) is 0.164. The minimum atomic E-state index is -3.97. The van der Waals surface area contributed by atoms with Gasteiger partial charge in [-0.2, -0.15) is 0 Å². The van der Waals surface area contributed by atoms with Gasteiger partial charge < -0.3 is 33.9 Å². The summed E-state index contributed by atoms with van der Waals surface area (Å²) in [6.45, 7) is 14.5. The summed E-state index contributed by atoms with van der Waals surface area (Å²) < 4.78 is 71.8. The van der Waals surface area contributed by atoms with Crippen molar-refractivity contribution in [2.75, 3.05) is 62.4 Å². The van der Waals surface area contributed by atoms with E-state index >= 15 is 0 Å². The van der Waals surface area contributed by atoms with Crippen LogP contribution in [0.25, 0.3) is 0 Å². The number of Topliss-reactive ketones (excluding diaryl/α,β-unsaturated/α-hetero) is 1. The van der Waals surface area contributed by atoms with Crippen LogP contribution in [0.2, 0.25) is 10.0 Å². The second-order valence-corrected chi connectivity index (χ2v) is 33.7. The van der Waals surface area contributed by atoms with Crippen molar-refractivity contribution < 1.29 is 51.1 Å². The number of nitrogens with one attached hydrogen (secondary N) is 2. The van der Waals surface area contributed by atoms with E-state index in [0.717, 1.165) is 119 Å². The van der Waals surface area contributed by atoms with Crippen LogP contribution in [0.5, 0.6) is 11.5 Å². The number of hydrogen-bond acceptors (Lipinski definition) is 13. The summed E-state index contributed by atoms with van der Waals surface area (Å²) in [5.41, 5.74) is 5.78. The summed E-state index contributed by atoms with van der Waals surface area (Å²) in [5.74, 6) is 4.56. The van der Waals surface area contributed by atoms with E-state index < -0.39 is 42.3 Å². The number of nitrogens with zero attached hydrogens (tertiary/aromatic N) is 2. The molecule has 12 atom stereocenters. The summed E-state index contributed by atoms with van der Waals surface area (Å²) in [5, 5.41) is 12.6. The number of carbonyl (C=O) groups excluding carboxylic acids is 3. The molecular weight excluding hydrogens is 1230 g/mol. The van der Waals surface area contributed by atoms with Crippen molar-refractivity contribution in [1.29, 1.82) is 0 Å². The lowest BCUT2D eigenvalue weighted by molar-refractivity contribution is -0.232. The normalized spacial score (nSPS) is 33.5. The average Bonchev–Trinajstić information content (AvgIpc) is 1.73. The van der Waals surface area contributed by atoms with Crippen LogP contribution in [0.4, 0.5) is 11.4 Å². The highest BCUT2D eigenvalue weighted by molar-refractivity contribution is 7.99. The molecule has 5 heterocycles. The number of amides is 2. The van der Waals surface area contributed by atoms with Gasteiger partial charge in [0, 0.05) is 88.6 Å². The molecule has 91 heavy (non-hydrogen) atoms. The molecule has 1 saturated heterocycles. The van der Waals surface area contributed by atoms with Gasteiger partial charge in [0.15, 0.2) is 5.79 Å². The first-order chi connectivity index (χ1) is 42.9. The van der Waals surface area contributed by atoms with Crippen molar-refractivity contribution in [3.8, 4) is 11.5 Å². The third-order valence-corrected chi connectivity index (χ3v) is 27.5. The molecule has 19 heteroatoms. The molecule has 2 amide bonds. The third-order valence-electron chi connectivity index (χ3n) is 22.9. The summed E-state index contributed by atoms with van der Waals surface area (Å²) in [4.78, 5) is 44.6. The minimum absolute atomic E-state index is 0. The predicted octanol–water partition coefficient (Wildman–Crippen LogP) is 13.0. The Morgan fingerprint density at radius 3 is 1.64 bits per heavy atom. The monoisotopic (exact) mass is 1330 g/mol. The van der Waals surface area contributed by atoms with Gasteiger partial charge in [0.25, 0.3) is 11.8 Å². The van der Waals surface area contributed by atoms with Crippen LogP contribution in [0.3, 0.4) is 0 Å². The van der Waals surface area contributed by atoms with Gasteiger partial charge in [-0.15, -0.1) is 0 Å². The first-order valence-electron chi connectivity index (χ1n) is 33.3. The molecule has 4 aliphatic carbocycles. The number of sulfonamides is 1. The molecule has 4 aromatic rings. The van der Waals surface area contributed by atoms with E-state index in [-0.39, 0.29) is 70.9 Å². The Morgan fingerprint density at radius 2 is 1.13 bits per heavy atom. The number of carbonyl (C=O) groups is 3. The fourth-order valence-electron chi connectivity index (χ4n) is 17.0. The van der Waals surface area contributed by atoms with Crippen molar-refractivity contribution in [2.45, 2.75) is 190 Å². The average molecular weight is 1330 g/mol. The standard InChI is InChI=1S/C36H47ClN2O6S.C35H45ClN2O5S.CH4/c1-4-29(40)19-36(42)16-5-7-23(2)24(3)46(43,44)38-34(41)26-10-14-33-32(18-26)39(20-27-9-12-31(27)36)21-35(22-45-33)15-6-8-25-17-28(37)11-13-30(25)35;1-23-6-4-15-35(42-16-17-43-35)30-11-8-27(30)20-38-21-34(14-5-7-25-18-28(36)10-12-29(25)34)22-41-32-13-9-26(19-31(32)38)33(39)37-44(3,40)24(23)2;/h10-11,13-14,17-18,23-24,27,31,42H,4-9,12,15-16,19-22H2,1-3H3,(H,38,41);9-10,12-13,18-19,23-24,27,30H,3-8,11,14-17,20-22H2,1-2H3,(H,37,39,40);1H4/t23-,24+,27-,31+,35-,36+;23-,24+,27-,30+,34-,44?;/m00./s1. The summed E-state index contributed by atoms with van der Waals surface area (Å²) in [6, 6.07) is 23.2. The van der Waals surface area contributed by atoms with Crippen LogP contribution in [0, 0.1) is 35.5 Å². The maximum atomic E-state index is 13.8. The van der Waals surface area contributed by atoms with Gasteiger partial charge in [0.05, 0.1) is 58.4 Å². The molecule has 15 nitrogen and oxygen atoms in total. The number of ketones is 1. The predicted molar refractivity (Wildman–Crippen MR) is 363 cm³/mol. The highest BCUT2D eigenvalue weighted by Gasteiger charge is 2.54. The van der Waals surface area contributed by atoms with Gasteiger partial charge in [-0.1, -0.05) is 70.0 Å². The van der Waals surface area contributed by atoms with E-state index in [1.165, 1.54) is 22.3 Å². The van der Waals surface area contributed by atoms with Crippen LogP contribution in [0.1, 0.15) is 188 Å². The van der Waals surface area contributed by atoms with E-state index in [9.17, 15) is 32.1 Å². The van der Waals surface area contributed by atoms with Gasteiger partial charge in [0.2, 0.25) is 10.0 Å². The zero-order valence-corrected chi connectivity index (χ0v) is 56.3.